The van der Waals surface area contributed by atoms with Gasteiger partial charge in [0.15, 0.2) is 0 Å². The Labute approximate surface area is 72.7 Å². The zero-order chi connectivity index (χ0) is 9.14. The molecule has 0 aromatic rings. The summed E-state index contributed by atoms with van der Waals surface area (Å²) in [6.07, 6.45) is 1.13. The zero-order valence-corrected chi connectivity index (χ0v) is 7.62. The van der Waals surface area contributed by atoms with E-state index in [4.69, 9.17) is 10.5 Å². The molecule has 4 nitrogen and oxygen atoms in total. The molecular weight excluding hydrogens is 156 g/mol. The fourth-order valence-corrected chi connectivity index (χ4v) is 1.41. The summed E-state index contributed by atoms with van der Waals surface area (Å²) >= 11 is 0. The normalized spacial score (nSPS) is 25.9. The third kappa shape index (κ3) is 1.95. The van der Waals surface area contributed by atoms with Crippen LogP contribution in [0.3, 0.4) is 0 Å². The summed E-state index contributed by atoms with van der Waals surface area (Å²) in [7, 11) is 1.67. The van der Waals surface area contributed by atoms with Gasteiger partial charge in [-0.1, -0.05) is 0 Å². The molecule has 70 valence electrons. The topological polar surface area (TPSA) is 55.6 Å². The predicted molar refractivity (Wildman–Crippen MR) is 45.6 cm³/mol. The van der Waals surface area contributed by atoms with Gasteiger partial charge in [0.05, 0.1) is 12.1 Å². The Morgan fingerprint density at radius 1 is 1.75 bits per heavy atom. The van der Waals surface area contributed by atoms with Crippen molar-refractivity contribution in [2.75, 3.05) is 20.2 Å². The third-order valence-corrected chi connectivity index (χ3v) is 2.18. The summed E-state index contributed by atoms with van der Waals surface area (Å²) in [6.45, 7) is 3.18. The maximum absolute atomic E-state index is 11.4. The molecule has 2 N–H and O–H groups in total. The van der Waals surface area contributed by atoms with Crippen LogP contribution < -0.4 is 5.73 Å². The van der Waals surface area contributed by atoms with Crippen LogP contribution in [0.2, 0.25) is 0 Å². The average molecular weight is 172 g/mol. The lowest BCUT2D eigenvalue weighted by Gasteiger charge is -2.17. The Morgan fingerprint density at radius 3 is 2.83 bits per heavy atom. The van der Waals surface area contributed by atoms with E-state index in [-0.39, 0.29) is 18.1 Å². The second-order valence-corrected chi connectivity index (χ2v) is 3.22. The highest BCUT2D eigenvalue weighted by atomic mass is 16.5. The van der Waals surface area contributed by atoms with E-state index in [1.165, 1.54) is 0 Å². The number of hydrogen-bond acceptors (Lipinski definition) is 3. The van der Waals surface area contributed by atoms with Gasteiger partial charge in [-0.2, -0.15) is 0 Å². The van der Waals surface area contributed by atoms with E-state index in [0.717, 1.165) is 13.0 Å². The molecule has 1 rings (SSSR count). The fourth-order valence-electron chi connectivity index (χ4n) is 1.41. The zero-order valence-electron chi connectivity index (χ0n) is 7.62. The molecule has 0 aliphatic carbocycles. The third-order valence-electron chi connectivity index (χ3n) is 2.18. The number of amides is 1. The van der Waals surface area contributed by atoms with E-state index in [1.54, 1.807) is 18.9 Å². The molecule has 0 aromatic heterocycles. The Balaban J connectivity index is 2.41. The molecule has 12 heavy (non-hydrogen) atoms. The van der Waals surface area contributed by atoms with E-state index in [9.17, 15) is 4.79 Å². The molecule has 2 atom stereocenters. The molecule has 2 unspecified atom stereocenters. The van der Waals surface area contributed by atoms with E-state index >= 15 is 0 Å². The average Bonchev–Trinajstić information content (AvgIpc) is 2.50. The van der Waals surface area contributed by atoms with Crippen molar-refractivity contribution in [2.24, 2.45) is 5.73 Å². The molecule has 0 spiro atoms. The summed E-state index contributed by atoms with van der Waals surface area (Å²) in [5.74, 6) is 0.0227. The van der Waals surface area contributed by atoms with Crippen LogP contribution in [-0.4, -0.2) is 43.2 Å². The molecule has 0 radical (unpaired) electrons. The van der Waals surface area contributed by atoms with Gasteiger partial charge < -0.3 is 15.4 Å². The van der Waals surface area contributed by atoms with Crippen LogP contribution in [0.4, 0.5) is 0 Å². The van der Waals surface area contributed by atoms with Crippen molar-refractivity contribution in [3.05, 3.63) is 0 Å². The van der Waals surface area contributed by atoms with Gasteiger partial charge in [0.25, 0.3) is 0 Å². The van der Waals surface area contributed by atoms with Crippen LogP contribution in [0.5, 0.6) is 0 Å². The first-order valence-electron chi connectivity index (χ1n) is 4.22. The predicted octanol–water partition coefficient (Wildman–Crippen LogP) is -0.419. The largest absolute Gasteiger partial charge is 0.380 e. The van der Waals surface area contributed by atoms with Crippen LogP contribution in [0.15, 0.2) is 0 Å². The minimum absolute atomic E-state index is 0.0227. The maximum atomic E-state index is 11.4. The van der Waals surface area contributed by atoms with Crippen LogP contribution in [-0.2, 0) is 9.53 Å². The Morgan fingerprint density at radius 2 is 2.42 bits per heavy atom. The minimum atomic E-state index is -0.388. The number of rotatable bonds is 2. The second-order valence-electron chi connectivity index (χ2n) is 3.22. The number of nitrogens with two attached hydrogens (primary N) is 1. The highest BCUT2D eigenvalue weighted by Crippen LogP contribution is 2.12. The van der Waals surface area contributed by atoms with Crippen molar-refractivity contribution in [3.63, 3.8) is 0 Å². The summed E-state index contributed by atoms with van der Waals surface area (Å²) in [4.78, 5) is 13.1. The van der Waals surface area contributed by atoms with Gasteiger partial charge in [-0.05, 0) is 13.3 Å². The highest BCUT2D eigenvalue weighted by molar-refractivity contribution is 5.81. The molecular formula is C8H16N2O2. The van der Waals surface area contributed by atoms with Crippen molar-refractivity contribution in [2.45, 2.75) is 25.5 Å². The van der Waals surface area contributed by atoms with Crippen molar-refractivity contribution >= 4 is 5.91 Å². The summed E-state index contributed by atoms with van der Waals surface area (Å²) < 4.78 is 5.14. The van der Waals surface area contributed by atoms with Gasteiger partial charge in [-0.25, -0.2) is 0 Å². The number of carbonyl (C=O) groups excluding carboxylic acids is 1. The first-order chi connectivity index (χ1) is 5.65. The molecule has 1 fully saturated rings. The van der Waals surface area contributed by atoms with Crippen LogP contribution in [0.1, 0.15) is 13.3 Å². The summed E-state index contributed by atoms with van der Waals surface area (Å²) in [6, 6.07) is -0.388. The molecule has 1 amide bonds. The Bertz CT molecular complexity index is 170. The molecule has 1 heterocycles. The van der Waals surface area contributed by atoms with Crippen molar-refractivity contribution in [3.8, 4) is 0 Å². The van der Waals surface area contributed by atoms with Gasteiger partial charge in [0, 0.05) is 20.2 Å². The summed E-state index contributed by atoms with van der Waals surface area (Å²) in [5, 5.41) is 0. The molecule has 0 bridgehead atoms. The van der Waals surface area contributed by atoms with E-state index in [2.05, 4.69) is 0 Å². The van der Waals surface area contributed by atoms with E-state index < -0.39 is 0 Å². The molecule has 4 heteroatoms. The van der Waals surface area contributed by atoms with Crippen LogP contribution in [0.25, 0.3) is 0 Å². The second kappa shape index (κ2) is 3.87. The maximum Gasteiger partial charge on any atom is 0.239 e. The van der Waals surface area contributed by atoms with Crippen molar-refractivity contribution < 1.29 is 9.53 Å². The number of hydrogen-bond donors (Lipinski definition) is 1. The van der Waals surface area contributed by atoms with Crippen molar-refractivity contribution in [1.29, 1.82) is 0 Å². The lowest BCUT2D eigenvalue weighted by molar-refractivity contribution is -0.131. The molecule has 0 aromatic carbocycles. The van der Waals surface area contributed by atoms with Gasteiger partial charge in [0.2, 0.25) is 5.91 Å². The number of ether oxygens (including phenoxy) is 1. The quantitative estimate of drug-likeness (QED) is 0.615. The lowest BCUT2D eigenvalue weighted by atomic mass is 10.3. The smallest absolute Gasteiger partial charge is 0.239 e. The van der Waals surface area contributed by atoms with Crippen molar-refractivity contribution in [1.82, 2.24) is 4.90 Å². The minimum Gasteiger partial charge on any atom is -0.380 e. The fraction of sp³-hybridized carbons (Fsp3) is 0.875. The standard InChI is InChI=1S/C8H16N2O2/c1-6(9)8(11)10-4-3-7(5-10)12-2/h6-7H,3-5,9H2,1-2H3. The highest BCUT2D eigenvalue weighted by Gasteiger charge is 2.27. The molecule has 1 aliphatic heterocycles. The van der Waals surface area contributed by atoms with E-state index in [0.29, 0.717) is 6.54 Å². The number of carbonyl (C=O) groups is 1. The Kier molecular flexibility index (Phi) is 3.05. The van der Waals surface area contributed by atoms with Crippen LogP contribution >= 0.6 is 0 Å². The van der Waals surface area contributed by atoms with Gasteiger partial charge in [-0.3, -0.25) is 4.79 Å². The monoisotopic (exact) mass is 172 g/mol. The molecule has 1 aliphatic rings. The molecule has 0 saturated carbocycles. The first kappa shape index (κ1) is 9.48. The summed E-state index contributed by atoms with van der Waals surface area (Å²) in [5.41, 5.74) is 5.47. The van der Waals surface area contributed by atoms with Gasteiger partial charge in [0.1, 0.15) is 0 Å². The Hall–Kier alpha value is -0.610. The number of nitrogens with zero attached hydrogens (tertiary/aromatic N) is 1. The number of likely N-dealkylation sites (tertiary alicyclic amines) is 1. The number of methoxy groups -OCH3 is 1. The van der Waals surface area contributed by atoms with Crippen LogP contribution in [0, 0.1) is 0 Å². The van der Waals surface area contributed by atoms with E-state index in [1.807, 2.05) is 0 Å². The molecule has 1 saturated heterocycles. The first-order valence-corrected chi connectivity index (χ1v) is 4.22. The van der Waals surface area contributed by atoms with Gasteiger partial charge in [-0.15, -0.1) is 0 Å². The SMILES string of the molecule is COC1CCN(C(=O)C(C)N)C1. The lowest BCUT2D eigenvalue weighted by Crippen LogP contribution is -2.41. The van der Waals surface area contributed by atoms with Gasteiger partial charge >= 0.3 is 0 Å².